The maximum atomic E-state index is 13.7. The Hall–Kier alpha value is -0.900. The van der Waals surface area contributed by atoms with E-state index >= 15 is 0 Å². The van der Waals surface area contributed by atoms with Crippen molar-refractivity contribution in [2.75, 3.05) is 7.05 Å². The average molecular weight is 300 g/mol. The van der Waals surface area contributed by atoms with Crippen LogP contribution in [0.25, 0.3) is 0 Å². The Morgan fingerprint density at radius 1 is 1.41 bits per heavy atom. The molecule has 0 radical (unpaired) electrons. The van der Waals surface area contributed by atoms with E-state index in [9.17, 15) is 9.18 Å². The van der Waals surface area contributed by atoms with Gasteiger partial charge < -0.3 is 4.90 Å². The minimum absolute atomic E-state index is 0.141. The topological polar surface area (TPSA) is 20.3 Å². The Kier molecular flexibility index (Phi) is 3.82. The van der Waals surface area contributed by atoms with Crippen molar-refractivity contribution in [3.05, 3.63) is 34.1 Å². The lowest BCUT2D eigenvalue weighted by Crippen LogP contribution is -2.35. The molecule has 1 aliphatic rings. The fraction of sp³-hybridized carbons (Fsp3) is 0.462. The van der Waals surface area contributed by atoms with Gasteiger partial charge in [0.05, 0.1) is 5.56 Å². The highest BCUT2D eigenvalue weighted by Gasteiger charge is 2.26. The van der Waals surface area contributed by atoms with Crippen LogP contribution in [-0.4, -0.2) is 23.9 Å². The molecule has 0 aliphatic heterocycles. The van der Waals surface area contributed by atoms with Gasteiger partial charge in [-0.15, -0.1) is 0 Å². The molecule has 17 heavy (non-hydrogen) atoms. The highest BCUT2D eigenvalue weighted by molar-refractivity contribution is 9.10. The number of halogens is 2. The highest BCUT2D eigenvalue weighted by Crippen LogP contribution is 2.26. The van der Waals surface area contributed by atoms with E-state index in [-0.39, 0.29) is 17.5 Å². The maximum absolute atomic E-state index is 13.7. The highest BCUT2D eigenvalue weighted by atomic mass is 79.9. The summed E-state index contributed by atoms with van der Waals surface area (Å²) in [5, 5.41) is 0. The fourth-order valence-corrected chi connectivity index (χ4v) is 2.85. The predicted octanol–water partition coefficient (Wildman–Crippen LogP) is 3.60. The van der Waals surface area contributed by atoms with E-state index in [1.165, 1.54) is 6.07 Å². The van der Waals surface area contributed by atoms with Crippen LogP contribution < -0.4 is 0 Å². The van der Waals surface area contributed by atoms with Gasteiger partial charge in [-0.3, -0.25) is 4.79 Å². The first-order valence-electron chi connectivity index (χ1n) is 5.82. The zero-order chi connectivity index (χ0) is 12.4. The molecule has 2 rings (SSSR count). The molecule has 2 nitrogen and oxygen atoms in total. The van der Waals surface area contributed by atoms with Crippen LogP contribution >= 0.6 is 15.9 Å². The minimum atomic E-state index is -0.464. The number of amides is 1. The molecule has 0 saturated heterocycles. The van der Waals surface area contributed by atoms with Crippen LogP contribution in [0.3, 0.4) is 0 Å². The van der Waals surface area contributed by atoms with Crippen molar-refractivity contribution in [2.24, 2.45) is 0 Å². The zero-order valence-electron chi connectivity index (χ0n) is 9.75. The first kappa shape index (κ1) is 12.6. The molecule has 92 valence electrons. The van der Waals surface area contributed by atoms with Crippen molar-refractivity contribution in [2.45, 2.75) is 31.7 Å². The number of hydrogen-bond acceptors (Lipinski definition) is 1. The first-order valence-corrected chi connectivity index (χ1v) is 6.61. The SMILES string of the molecule is CN(C(=O)c1c(F)cccc1Br)C1CCCC1. The first-order chi connectivity index (χ1) is 8.11. The lowest BCUT2D eigenvalue weighted by Gasteiger charge is -2.25. The van der Waals surface area contributed by atoms with Crippen LogP contribution in [0.15, 0.2) is 22.7 Å². The van der Waals surface area contributed by atoms with Gasteiger partial charge in [-0.05, 0) is 40.9 Å². The molecule has 1 fully saturated rings. The van der Waals surface area contributed by atoms with Crippen molar-refractivity contribution in [3.8, 4) is 0 Å². The van der Waals surface area contributed by atoms with Crippen molar-refractivity contribution in [3.63, 3.8) is 0 Å². The Labute approximate surface area is 109 Å². The summed E-state index contributed by atoms with van der Waals surface area (Å²) < 4.78 is 14.2. The van der Waals surface area contributed by atoms with E-state index in [2.05, 4.69) is 15.9 Å². The summed E-state index contributed by atoms with van der Waals surface area (Å²) in [6.07, 6.45) is 4.35. The third-order valence-electron chi connectivity index (χ3n) is 3.37. The summed E-state index contributed by atoms with van der Waals surface area (Å²) in [5.74, 6) is -0.698. The van der Waals surface area contributed by atoms with E-state index in [4.69, 9.17) is 0 Å². The van der Waals surface area contributed by atoms with Crippen LogP contribution in [0.4, 0.5) is 4.39 Å². The number of carbonyl (C=O) groups is 1. The van der Waals surface area contributed by atoms with Gasteiger partial charge in [-0.25, -0.2) is 4.39 Å². The summed E-state index contributed by atoms with van der Waals surface area (Å²) in [7, 11) is 1.76. The van der Waals surface area contributed by atoms with E-state index in [1.807, 2.05) is 0 Å². The molecule has 0 unspecified atom stereocenters. The van der Waals surface area contributed by atoms with Crippen molar-refractivity contribution >= 4 is 21.8 Å². The van der Waals surface area contributed by atoms with Crippen molar-refractivity contribution in [1.82, 2.24) is 4.90 Å². The van der Waals surface area contributed by atoms with Gasteiger partial charge in [0.1, 0.15) is 5.82 Å². The number of hydrogen-bond donors (Lipinski definition) is 0. The van der Waals surface area contributed by atoms with Gasteiger partial charge in [0.25, 0.3) is 5.91 Å². The summed E-state index contributed by atoms with van der Waals surface area (Å²) in [4.78, 5) is 13.9. The Morgan fingerprint density at radius 2 is 2.06 bits per heavy atom. The molecule has 0 spiro atoms. The van der Waals surface area contributed by atoms with Crippen molar-refractivity contribution in [1.29, 1.82) is 0 Å². The van der Waals surface area contributed by atoms with Crippen LogP contribution in [0.5, 0.6) is 0 Å². The summed E-state index contributed by atoms with van der Waals surface area (Å²) in [5.41, 5.74) is 0.141. The minimum Gasteiger partial charge on any atom is -0.339 e. The number of benzene rings is 1. The van der Waals surface area contributed by atoms with Crippen LogP contribution in [-0.2, 0) is 0 Å². The molecule has 1 amide bonds. The molecule has 1 saturated carbocycles. The van der Waals surface area contributed by atoms with Gasteiger partial charge in [0.2, 0.25) is 0 Å². The van der Waals surface area contributed by atoms with Crippen LogP contribution in [0.1, 0.15) is 36.0 Å². The smallest absolute Gasteiger partial charge is 0.257 e. The maximum Gasteiger partial charge on any atom is 0.257 e. The number of carbonyl (C=O) groups excluding carboxylic acids is 1. The molecule has 0 atom stereocenters. The predicted molar refractivity (Wildman–Crippen MR) is 68.4 cm³/mol. The van der Waals surface area contributed by atoms with E-state index in [0.29, 0.717) is 4.47 Å². The Balaban J connectivity index is 2.24. The number of rotatable bonds is 2. The van der Waals surface area contributed by atoms with Crippen LogP contribution in [0, 0.1) is 5.82 Å². The Morgan fingerprint density at radius 3 is 2.65 bits per heavy atom. The van der Waals surface area contributed by atoms with Gasteiger partial charge in [-0.2, -0.15) is 0 Å². The van der Waals surface area contributed by atoms with E-state index < -0.39 is 5.82 Å². The fourth-order valence-electron chi connectivity index (χ4n) is 2.34. The van der Waals surface area contributed by atoms with Gasteiger partial charge >= 0.3 is 0 Å². The largest absolute Gasteiger partial charge is 0.339 e. The lowest BCUT2D eigenvalue weighted by molar-refractivity contribution is 0.0729. The normalized spacial score (nSPS) is 16.2. The third kappa shape index (κ3) is 2.51. The standard InChI is InChI=1S/C13H15BrFNO/c1-16(9-5-2-3-6-9)13(17)12-10(14)7-4-8-11(12)15/h4,7-9H,2-3,5-6H2,1H3. The molecule has 1 aliphatic carbocycles. The second kappa shape index (κ2) is 5.17. The van der Waals surface area contributed by atoms with Crippen LogP contribution in [0.2, 0.25) is 0 Å². The molecule has 0 N–H and O–H groups in total. The quantitative estimate of drug-likeness (QED) is 0.817. The zero-order valence-corrected chi connectivity index (χ0v) is 11.3. The second-order valence-corrected chi connectivity index (χ2v) is 5.31. The number of nitrogens with zero attached hydrogens (tertiary/aromatic N) is 1. The lowest BCUT2D eigenvalue weighted by atomic mass is 10.1. The second-order valence-electron chi connectivity index (χ2n) is 4.45. The van der Waals surface area contributed by atoms with E-state index in [1.54, 1.807) is 24.1 Å². The summed E-state index contributed by atoms with van der Waals surface area (Å²) in [6, 6.07) is 4.86. The average Bonchev–Trinajstić information content (AvgIpc) is 2.81. The molecule has 4 heteroatoms. The van der Waals surface area contributed by atoms with Gasteiger partial charge in [-0.1, -0.05) is 18.9 Å². The molecular formula is C13H15BrFNO. The molecule has 0 bridgehead atoms. The summed E-state index contributed by atoms with van der Waals surface area (Å²) >= 11 is 3.24. The molecule has 0 aromatic heterocycles. The molecule has 1 aromatic carbocycles. The summed E-state index contributed by atoms with van der Waals surface area (Å²) in [6.45, 7) is 0. The molecule has 1 aromatic rings. The Bertz CT molecular complexity index is 409. The van der Waals surface area contributed by atoms with E-state index in [0.717, 1.165) is 25.7 Å². The molecule has 0 heterocycles. The van der Waals surface area contributed by atoms with Gasteiger partial charge in [0, 0.05) is 17.6 Å². The third-order valence-corrected chi connectivity index (χ3v) is 4.03. The monoisotopic (exact) mass is 299 g/mol. The van der Waals surface area contributed by atoms with Crippen molar-refractivity contribution < 1.29 is 9.18 Å². The van der Waals surface area contributed by atoms with Gasteiger partial charge in [0.15, 0.2) is 0 Å². The molecular weight excluding hydrogens is 285 g/mol.